The summed E-state index contributed by atoms with van der Waals surface area (Å²) in [4.78, 5) is 12.4. The number of aryl methyl sites for hydroxylation is 1. The summed E-state index contributed by atoms with van der Waals surface area (Å²) in [6.45, 7) is 0.416. The third-order valence-electron chi connectivity index (χ3n) is 7.08. The molecular weight excluding hydrogens is 577 g/mol. The molecule has 1 N–H and O–H groups in total. The van der Waals surface area contributed by atoms with Crippen molar-refractivity contribution >= 4 is 56.1 Å². The van der Waals surface area contributed by atoms with Crippen LogP contribution in [0.2, 0.25) is 10.0 Å². The van der Waals surface area contributed by atoms with Crippen LogP contribution in [0, 0.1) is 11.6 Å². The SMILES string of the molecule is O=C(/C=C/c1cc(F)cc2c3c(n(Cc4ccc(Cl)cc4Cl)c12)CCCCCC3)NS(=O)(=O)c1ccc(F)cc1. The number of fused-ring (bicyclic) bond motifs is 3. The van der Waals surface area contributed by atoms with Gasteiger partial charge in [-0.1, -0.05) is 42.1 Å². The number of carbonyl (C=O) groups is 1. The maximum atomic E-state index is 14.9. The van der Waals surface area contributed by atoms with E-state index in [2.05, 4.69) is 4.57 Å². The summed E-state index contributed by atoms with van der Waals surface area (Å²) in [5.74, 6) is -1.98. The van der Waals surface area contributed by atoms with Crippen molar-refractivity contribution in [2.24, 2.45) is 0 Å². The number of aromatic nitrogens is 1. The minimum absolute atomic E-state index is 0.252. The third kappa shape index (κ3) is 6.09. The topological polar surface area (TPSA) is 68.2 Å². The second kappa shape index (κ2) is 11.7. The van der Waals surface area contributed by atoms with Gasteiger partial charge in [-0.2, -0.15) is 0 Å². The number of nitrogens with zero attached hydrogens (tertiary/aromatic N) is 1. The zero-order valence-corrected chi connectivity index (χ0v) is 23.7. The second-order valence-electron chi connectivity index (χ2n) is 9.81. The Hall–Kier alpha value is -3.20. The number of hydrogen-bond acceptors (Lipinski definition) is 3. The summed E-state index contributed by atoms with van der Waals surface area (Å²) in [5.41, 5.74) is 4.20. The van der Waals surface area contributed by atoms with Gasteiger partial charge in [0.15, 0.2) is 0 Å². The fourth-order valence-corrected chi connectivity index (χ4v) is 6.66. The Morgan fingerprint density at radius 1 is 0.925 bits per heavy atom. The van der Waals surface area contributed by atoms with Crippen molar-refractivity contribution in [2.75, 3.05) is 0 Å². The molecule has 4 aromatic rings. The zero-order valence-electron chi connectivity index (χ0n) is 21.4. The van der Waals surface area contributed by atoms with Gasteiger partial charge >= 0.3 is 0 Å². The normalized spacial score (nSPS) is 14.2. The number of rotatable bonds is 6. The van der Waals surface area contributed by atoms with E-state index in [9.17, 15) is 22.0 Å². The van der Waals surface area contributed by atoms with Crippen LogP contribution in [0.5, 0.6) is 0 Å². The van der Waals surface area contributed by atoms with E-state index in [1.165, 1.54) is 18.2 Å². The molecule has 0 spiro atoms. The number of halogens is 4. The van der Waals surface area contributed by atoms with E-state index in [1.807, 2.05) is 10.8 Å². The van der Waals surface area contributed by atoms with Crippen molar-refractivity contribution in [3.63, 3.8) is 0 Å². The molecule has 0 fully saturated rings. The molecule has 5 nitrogen and oxygen atoms in total. The molecule has 208 valence electrons. The largest absolute Gasteiger partial charge is 0.339 e. The summed E-state index contributed by atoms with van der Waals surface area (Å²) in [5, 5.41) is 1.80. The molecule has 1 aliphatic carbocycles. The highest BCUT2D eigenvalue weighted by molar-refractivity contribution is 7.90. The number of benzene rings is 3. The van der Waals surface area contributed by atoms with Gasteiger partial charge in [-0.15, -0.1) is 0 Å². The van der Waals surface area contributed by atoms with Gasteiger partial charge in [0.1, 0.15) is 11.6 Å². The van der Waals surface area contributed by atoms with E-state index in [0.717, 1.165) is 96.6 Å². The maximum absolute atomic E-state index is 14.9. The van der Waals surface area contributed by atoms with Crippen LogP contribution in [0.3, 0.4) is 0 Å². The second-order valence-corrected chi connectivity index (χ2v) is 12.3. The van der Waals surface area contributed by atoms with Gasteiger partial charge in [0.25, 0.3) is 15.9 Å². The lowest BCUT2D eigenvalue weighted by molar-refractivity contribution is -0.114. The van der Waals surface area contributed by atoms with Gasteiger partial charge in [-0.25, -0.2) is 21.9 Å². The van der Waals surface area contributed by atoms with Gasteiger partial charge in [-0.3, -0.25) is 4.79 Å². The van der Waals surface area contributed by atoms with Gasteiger partial charge in [0.2, 0.25) is 0 Å². The van der Waals surface area contributed by atoms with E-state index in [-0.39, 0.29) is 4.90 Å². The van der Waals surface area contributed by atoms with Gasteiger partial charge in [0, 0.05) is 39.3 Å². The molecule has 0 atom stereocenters. The first-order chi connectivity index (χ1) is 19.1. The van der Waals surface area contributed by atoms with Gasteiger partial charge < -0.3 is 4.57 Å². The summed E-state index contributed by atoms with van der Waals surface area (Å²) in [6, 6.07) is 12.3. The molecule has 1 amide bonds. The van der Waals surface area contributed by atoms with Crippen LogP contribution in [0.4, 0.5) is 8.78 Å². The van der Waals surface area contributed by atoms with Crippen molar-refractivity contribution in [1.29, 1.82) is 0 Å². The fourth-order valence-electron chi connectivity index (χ4n) is 5.24. The van der Waals surface area contributed by atoms with Crippen molar-refractivity contribution in [2.45, 2.75) is 50.0 Å². The van der Waals surface area contributed by atoms with Crippen LogP contribution < -0.4 is 4.72 Å². The lowest BCUT2D eigenvalue weighted by Gasteiger charge is -2.16. The van der Waals surface area contributed by atoms with Crippen LogP contribution in [-0.4, -0.2) is 18.9 Å². The first-order valence-electron chi connectivity index (χ1n) is 12.9. The minimum atomic E-state index is -4.22. The van der Waals surface area contributed by atoms with Gasteiger partial charge in [-0.05, 0) is 91.4 Å². The first-order valence-corrected chi connectivity index (χ1v) is 15.1. The number of hydrogen-bond donors (Lipinski definition) is 1. The van der Waals surface area contributed by atoms with E-state index in [1.54, 1.807) is 12.1 Å². The summed E-state index contributed by atoms with van der Waals surface area (Å²) in [7, 11) is -4.22. The number of carbonyl (C=O) groups excluding carboxylic acids is 1. The van der Waals surface area contributed by atoms with Crippen LogP contribution >= 0.6 is 23.2 Å². The van der Waals surface area contributed by atoms with Crippen molar-refractivity contribution in [1.82, 2.24) is 9.29 Å². The molecule has 0 unspecified atom stereocenters. The van der Waals surface area contributed by atoms with Crippen molar-refractivity contribution < 1.29 is 22.0 Å². The Morgan fingerprint density at radius 2 is 1.65 bits per heavy atom. The summed E-state index contributed by atoms with van der Waals surface area (Å²) in [6.07, 6.45) is 8.26. The molecule has 10 heteroatoms. The highest BCUT2D eigenvalue weighted by atomic mass is 35.5. The van der Waals surface area contributed by atoms with E-state index in [4.69, 9.17) is 23.2 Å². The molecule has 0 radical (unpaired) electrons. The average molecular weight is 604 g/mol. The number of sulfonamides is 1. The summed E-state index contributed by atoms with van der Waals surface area (Å²) < 4.78 is 57.4. The summed E-state index contributed by atoms with van der Waals surface area (Å²) >= 11 is 12.6. The Kier molecular flexibility index (Phi) is 8.31. The molecule has 0 aliphatic heterocycles. The quantitative estimate of drug-likeness (QED) is 0.233. The molecule has 0 saturated heterocycles. The maximum Gasteiger partial charge on any atom is 0.264 e. The zero-order chi connectivity index (χ0) is 28.4. The molecule has 1 heterocycles. The number of nitrogens with one attached hydrogen (secondary N) is 1. The molecule has 3 aromatic carbocycles. The molecule has 5 rings (SSSR count). The highest BCUT2D eigenvalue weighted by Gasteiger charge is 2.22. The lowest BCUT2D eigenvalue weighted by atomic mass is 9.96. The Balaban J connectivity index is 1.57. The van der Waals surface area contributed by atoms with Gasteiger partial charge in [0.05, 0.1) is 10.4 Å². The third-order valence-corrected chi connectivity index (χ3v) is 9.03. The minimum Gasteiger partial charge on any atom is -0.339 e. The van der Waals surface area contributed by atoms with Crippen LogP contribution in [0.15, 0.2) is 65.6 Å². The smallest absolute Gasteiger partial charge is 0.264 e. The Morgan fingerprint density at radius 3 is 2.38 bits per heavy atom. The van der Waals surface area contributed by atoms with Crippen molar-refractivity contribution in [3.05, 3.63) is 105 Å². The van der Waals surface area contributed by atoms with E-state index < -0.39 is 27.6 Å². The predicted octanol–water partition coefficient (Wildman–Crippen LogP) is 7.45. The number of amides is 1. The molecule has 40 heavy (non-hydrogen) atoms. The van der Waals surface area contributed by atoms with Crippen LogP contribution in [0.25, 0.3) is 17.0 Å². The Labute approximate surface area is 241 Å². The molecule has 0 bridgehead atoms. The van der Waals surface area contributed by atoms with E-state index in [0.29, 0.717) is 22.2 Å². The Bertz CT molecular complexity index is 1730. The molecule has 1 aromatic heterocycles. The molecule has 1 aliphatic rings. The van der Waals surface area contributed by atoms with Crippen molar-refractivity contribution in [3.8, 4) is 0 Å². The average Bonchev–Trinajstić information content (AvgIpc) is 3.14. The molecular formula is C30H26Cl2F2N2O3S. The predicted molar refractivity (Wildman–Crippen MR) is 154 cm³/mol. The lowest BCUT2D eigenvalue weighted by Crippen LogP contribution is -2.28. The van der Waals surface area contributed by atoms with Crippen LogP contribution in [0.1, 0.15) is 48.1 Å². The van der Waals surface area contributed by atoms with Crippen LogP contribution in [-0.2, 0) is 34.2 Å². The molecule has 0 saturated carbocycles. The monoisotopic (exact) mass is 602 g/mol. The van der Waals surface area contributed by atoms with E-state index >= 15 is 0 Å². The highest BCUT2D eigenvalue weighted by Crippen LogP contribution is 2.36. The standard InChI is InChI=1S/C30H26Cl2F2N2O3S/c31-21-9-7-20(27(32)16-21)18-36-28-6-4-2-1-3-5-25(28)26-17-23(34)15-19(30(26)36)8-14-29(37)35-40(38,39)24-12-10-22(33)11-13-24/h7-17H,1-6,18H2,(H,35,37)/b14-8+. The fraction of sp³-hybridized carbons (Fsp3) is 0.233. The first kappa shape index (κ1) is 28.3.